The van der Waals surface area contributed by atoms with Crippen LogP contribution in [0.2, 0.25) is 0 Å². The van der Waals surface area contributed by atoms with E-state index in [1.165, 1.54) is 7.11 Å². The molecule has 0 radical (unpaired) electrons. The summed E-state index contributed by atoms with van der Waals surface area (Å²) < 4.78 is 10.4. The number of hydrogen-bond donors (Lipinski definition) is 0. The van der Waals surface area contributed by atoms with Crippen molar-refractivity contribution in [2.45, 2.75) is 5.92 Å². The summed E-state index contributed by atoms with van der Waals surface area (Å²) in [5, 5.41) is 2.28. The molecular weight excluding hydrogens is 288 g/mol. The molecule has 0 aromatic heterocycles. The molecule has 0 N–H and O–H groups in total. The summed E-state index contributed by atoms with van der Waals surface area (Å²) in [4.78, 5) is 12.4. The van der Waals surface area contributed by atoms with E-state index in [0.717, 1.165) is 38.8 Å². The van der Waals surface area contributed by atoms with E-state index < -0.39 is 0 Å². The van der Waals surface area contributed by atoms with Crippen molar-refractivity contribution in [2.75, 3.05) is 14.2 Å². The molecule has 3 aromatic rings. The van der Waals surface area contributed by atoms with Gasteiger partial charge >= 0.3 is 5.97 Å². The molecule has 23 heavy (non-hydrogen) atoms. The van der Waals surface area contributed by atoms with Crippen molar-refractivity contribution in [2.24, 2.45) is 0 Å². The van der Waals surface area contributed by atoms with Crippen molar-refractivity contribution >= 4 is 16.7 Å². The average Bonchev–Trinajstić information content (AvgIpc) is 2.91. The lowest BCUT2D eigenvalue weighted by Crippen LogP contribution is -2.13. The van der Waals surface area contributed by atoms with Crippen molar-refractivity contribution in [3.05, 3.63) is 65.7 Å². The molecule has 3 nitrogen and oxygen atoms in total. The van der Waals surface area contributed by atoms with Gasteiger partial charge in [-0.25, -0.2) is 0 Å². The van der Waals surface area contributed by atoms with Crippen LogP contribution in [-0.4, -0.2) is 20.2 Å². The third-order valence-electron chi connectivity index (χ3n) is 4.53. The Bertz CT molecular complexity index is 927. The zero-order valence-corrected chi connectivity index (χ0v) is 13.0. The molecule has 0 amide bonds. The molecular formula is C20H16O3. The molecule has 0 saturated carbocycles. The number of ether oxygens (including phenoxy) is 2. The second-order valence-electron chi connectivity index (χ2n) is 5.70. The summed E-state index contributed by atoms with van der Waals surface area (Å²) in [5.74, 6) is 0.180. The first-order valence-corrected chi connectivity index (χ1v) is 7.51. The van der Waals surface area contributed by atoms with Crippen LogP contribution in [0.15, 0.2) is 54.6 Å². The normalized spacial score (nSPS) is 15.1. The minimum Gasteiger partial charge on any atom is -0.497 e. The van der Waals surface area contributed by atoms with E-state index in [-0.39, 0.29) is 11.9 Å². The van der Waals surface area contributed by atoms with Crippen LogP contribution in [0.1, 0.15) is 17.0 Å². The van der Waals surface area contributed by atoms with Gasteiger partial charge in [-0.15, -0.1) is 0 Å². The van der Waals surface area contributed by atoms with Crippen LogP contribution in [0.5, 0.6) is 5.75 Å². The van der Waals surface area contributed by atoms with Gasteiger partial charge in [-0.05, 0) is 57.3 Å². The summed E-state index contributed by atoms with van der Waals surface area (Å²) in [7, 11) is 3.08. The lowest BCUT2D eigenvalue weighted by Gasteiger charge is -2.11. The Balaban J connectivity index is 2.03. The van der Waals surface area contributed by atoms with Crippen LogP contribution in [0.25, 0.3) is 21.9 Å². The molecule has 1 atom stereocenters. The number of methoxy groups -OCH3 is 2. The Hall–Kier alpha value is -2.81. The van der Waals surface area contributed by atoms with Crippen molar-refractivity contribution in [3.63, 3.8) is 0 Å². The molecule has 0 spiro atoms. The third kappa shape index (κ3) is 2.00. The molecule has 0 fully saturated rings. The number of hydrogen-bond acceptors (Lipinski definition) is 3. The molecule has 0 heterocycles. The van der Waals surface area contributed by atoms with Crippen molar-refractivity contribution in [3.8, 4) is 16.9 Å². The zero-order valence-electron chi connectivity index (χ0n) is 13.0. The van der Waals surface area contributed by atoms with E-state index in [9.17, 15) is 4.79 Å². The Morgan fingerprint density at radius 1 is 0.870 bits per heavy atom. The van der Waals surface area contributed by atoms with Gasteiger partial charge in [0.25, 0.3) is 0 Å². The molecule has 3 aromatic carbocycles. The monoisotopic (exact) mass is 304 g/mol. The van der Waals surface area contributed by atoms with Crippen LogP contribution in [-0.2, 0) is 9.53 Å². The predicted octanol–water partition coefficient (Wildman–Crippen LogP) is 4.13. The van der Waals surface area contributed by atoms with Gasteiger partial charge in [-0.1, -0.05) is 30.3 Å². The Labute approximate surface area is 134 Å². The fourth-order valence-corrected chi connectivity index (χ4v) is 3.42. The number of esters is 1. The highest BCUT2D eigenvalue weighted by Crippen LogP contribution is 2.47. The first-order chi connectivity index (χ1) is 11.2. The summed E-state index contributed by atoms with van der Waals surface area (Å²) in [6, 6.07) is 18.3. The largest absolute Gasteiger partial charge is 0.497 e. The van der Waals surface area contributed by atoms with Gasteiger partial charge in [0.1, 0.15) is 11.7 Å². The summed E-state index contributed by atoms with van der Waals surface area (Å²) in [5.41, 5.74) is 4.09. The van der Waals surface area contributed by atoms with Crippen LogP contribution >= 0.6 is 0 Å². The van der Waals surface area contributed by atoms with Gasteiger partial charge in [-0.2, -0.15) is 0 Å². The van der Waals surface area contributed by atoms with Crippen molar-refractivity contribution in [1.29, 1.82) is 0 Å². The van der Waals surface area contributed by atoms with E-state index in [4.69, 9.17) is 9.47 Å². The van der Waals surface area contributed by atoms with E-state index in [2.05, 4.69) is 24.3 Å². The molecule has 1 unspecified atom stereocenters. The number of benzene rings is 3. The van der Waals surface area contributed by atoms with Gasteiger partial charge in [0.15, 0.2) is 0 Å². The minimum atomic E-state index is -0.375. The average molecular weight is 304 g/mol. The standard InChI is InChI=1S/C20H16O3/c1-22-14-7-8-15-17(11-14)16-9-12-5-3-4-6-13(12)10-18(16)19(15)20(21)23-2/h3-11,19H,1-2H3. The van der Waals surface area contributed by atoms with Crippen molar-refractivity contribution < 1.29 is 14.3 Å². The molecule has 0 aliphatic heterocycles. The smallest absolute Gasteiger partial charge is 0.317 e. The van der Waals surface area contributed by atoms with Gasteiger partial charge in [0.2, 0.25) is 0 Å². The zero-order chi connectivity index (χ0) is 16.0. The molecule has 4 rings (SSSR count). The number of rotatable bonds is 2. The first kappa shape index (κ1) is 13.8. The highest BCUT2D eigenvalue weighted by Gasteiger charge is 2.35. The predicted molar refractivity (Wildman–Crippen MR) is 89.8 cm³/mol. The topological polar surface area (TPSA) is 35.5 Å². The fourth-order valence-electron chi connectivity index (χ4n) is 3.42. The van der Waals surface area contributed by atoms with Crippen LogP contribution in [0.4, 0.5) is 0 Å². The third-order valence-corrected chi connectivity index (χ3v) is 4.53. The van der Waals surface area contributed by atoms with E-state index in [0.29, 0.717) is 0 Å². The second kappa shape index (κ2) is 5.13. The Morgan fingerprint density at radius 3 is 2.26 bits per heavy atom. The fraction of sp³-hybridized carbons (Fsp3) is 0.150. The molecule has 0 saturated heterocycles. The van der Waals surface area contributed by atoms with Crippen LogP contribution < -0.4 is 4.74 Å². The quantitative estimate of drug-likeness (QED) is 0.668. The molecule has 3 heteroatoms. The highest BCUT2D eigenvalue weighted by molar-refractivity contribution is 5.99. The maximum Gasteiger partial charge on any atom is 0.317 e. The first-order valence-electron chi connectivity index (χ1n) is 7.51. The minimum absolute atomic E-state index is 0.231. The number of carbonyl (C=O) groups is 1. The van der Waals surface area contributed by atoms with Gasteiger partial charge in [0.05, 0.1) is 14.2 Å². The van der Waals surface area contributed by atoms with Gasteiger partial charge in [-0.3, -0.25) is 4.79 Å². The lowest BCUT2D eigenvalue weighted by atomic mass is 9.95. The van der Waals surface area contributed by atoms with Crippen molar-refractivity contribution in [1.82, 2.24) is 0 Å². The van der Waals surface area contributed by atoms with Crippen LogP contribution in [0.3, 0.4) is 0 Å². The second-order valence-corrected chi connectivity index (χ2v) is 5.70. The van der Waals surface area contributed by atoms with E-state index >= 15 is 0 Å². The molecule has 0 bridgehead atoms. The summed E-state index contributed by atoms with van der Waals surface area (Å²) in [6.45, 7) is 0. The van der Waals surface area contributed by atoms with E-state index in [1.54, 1.807) is 7.11 Å². The van der Waals surface area contributed by atoms with Gasteiger partial charge in [0, 0.05) is 0 Å². The van der Waals surface area contributed by atoms with Gasteiger partial charge < -0.3 is 9.47 Å². The van der Waals surface area contributed by atoms with E-state index in [1.807, 2.05) is 30.3 Å². The maximum absolute atomic E-state index is 12.4. The lowest BCUT2D eigenvalue weighted by molar-refractivity contribution is -0.141. The van der Waals surface area contributed by atoms with Crippen LogP contribution in [0, 0.1) is 0 Å². The Kier molecular flexibility index (Phi) is 3.08. The maximum atomic E-state index is 12.4. The Morgan fingerprint density at radius 2 is 1.57 bits per heavy atom. The molecule has 1 aliphatic rings. The highest BCUT2D eigenvalue weighted by atomic mass is 16.5. The summed E-state index contributed by atoms with van der Waals surface area (Å²) >= 11 is 0. The number of carbonyl (C=O) groups excluding carboxylic acids is 1. The SMILES string of the molecule is COC(=O)C1c2ccc(OC)cc2-c2cc3ccccc3cc21. The number of fused-ring (bicyclic) bond motifs is 4. The molecule has 114 valence electrons. The molecule has 1 aliphatic carbocycles. The summed E-state index contributed by atoms with van der Waals surface area (Å²) in [6.07, 6.45) is 0.